The van der Waals surface area contributed by atoms with Crippen molar-refractivity contribution in [2.24, 2.45) is 0 Å². The van der Waals surface area contributed by atoms with Crippen LogP contribution in [-0.4, -0.2) is 6.36 Å². The monoisotopic (exact) mass is 288 g/mol. The Morgan fingerprint density at radius 3 is 2.30 bits per heavy atom. The van der Waals surface area contributed by atoms with E-state index in [1.165, 1.54) is 18.2 Å². The molecule has 0 saturated carbocycles. The molecule has 0 aliphatic carbocycles. The Bertz CT molecular complexity index is 804. The van der Waals surface area contributed by atoms with Crippen molar-refractivity contribution in [2.45, 2.75) is 6.36 Å². The van der Waals surface area contributed by atoms with E-state index in [1.54, 1.807) is 0 Å². The zero-order valence-electron chi connectivity index (χ0n) is 9.59. The van der Waals surface area contributed by atoms with E-state index in [2.05, 4.69) is 4.74 Å². The smallest absolute Gasteiger partial charge is 0.450 e. The lowest BCUT2D eigenvalue weighted by atomic mass is 10.1. The highest BCUT2D eigenvalue weighted by molar-refractivity contribution is 6.05. The van der Waals surface area contributed by atoms with Gasteiger partial charge in [0.2, 0.25) is 5.82 Å². The first-order valence-corrected chi connectivity index (χ1v) is 5.42. The van der Waals surface area contributed by atoms with E-state index in [-0.39, 0.29) is 16.4 Å². The van der Waals surface area contributed by atoms with Crippen molar-refractivity contribution in [3.63, 3.8) is 0 Å². The molecule has 0 bridgehead atoms. The van der Waals surface area contributed by atoms with Crippen LogP contribution in [0, 0.1) is 11.6 Å². The summed E-state index contributed by atoms with van der Waals surface area (Å²) in [6.45, 7) is 0. The number of ether oxygens (including phenoxy) is 1. The molecule has 0 atom stereocenters. The van der Waals surface area contributed by atoms with Crippen molar-refractivity contribution < 1.29 is 31.1 Å². The van der Waals surface area contributed by atoms with Crippen LogP contribution in [0.3, 0.4) is 0 Å². The molecule has 0 amide bonds. The first kappa shape index (κ1) is 12.7. The fourth-order valence-corrected chi connectivity index (χ4v) is 1.98. The largest absolute Gasteiger partial charge is 0.573 e. The normalized spacial score (nSPS) is 12.2. The van der Waals surface area contributed by atoms with Crippen LogP contribution in [-0.2, 0) is 0 Å². The number of para-hydroxylation sites is 1. The first-order chi connectivity index (χ1) is 9.37. The van der Waals surface area contributed by atoms with Crippen LogP contribution in [0.1, 0.15) is 0 Å². The van der Waals surface area contributed by atoms with Crippen LogP contribution in [0.2, 0.25) is 0 Å². The summed E-state index contributed by atoms with van der Waals surface area (Å²) in [5, 5.41) is 0.448. The lowest BCUT2D eigenvalue weighted by Gasteiger charge is -2.09. The molecule has 2 aromatic carbocycles. The molecule has 3 rings (SSSR count). The van der Waals surface area contributed by atoms with Gasteiger partial charge in [0.05, 0.1) is 0 Å². The highest BCUT2D eigenvalue weighted by Crippen LogP contribution is 2.36. The Balaban J connectivity index is 2.28. The van der Waals surface area contributed by atoms with Crippen LogP contribution in [0.15, 0.2) is 34.7 Å². The molecule has 0 aliphatic rings. The molecule has 104 valence electrons. The molecule has 1 heterocycles. The van der Waals surface area contributed by atoms with Crippen molar-refractivity contribution in [2.75, 3.05) is 0 Å². The molecule has 0 radical (unpaired) electrons. The Morgan fingerprint density at radius 2 is 1.60 bits per heavy atom. The minimum absolute atomic E-state index is 0.173. The number of rotatable bonds is 1. The molecule has 0 N–H and O–H groups in total. The maximum Gasteiger partial charge on any atom is 0.573 e. The second-order valence-corrected chi connectivity index (χ2v) is 4.02. The minimum atomic E-state index is -5.02. The number of fused-ring (bicyclic) bond motifs is 3. The summed E-state index contributed by atoms with van der Waals surface area (Å²) in [4.78, 5) is 0. The van der Waals surface area contributed by atoms with Gasteiger partial charge in [-0.15, -0.1) is 13.2 Å². The van der Waals surface area contributed by atoms with Crippen LogP contribution in [0.4, 0.5) is 22.0 Å². The zero-order chi connectivity index (χ0) is 14.5. The Kier molecular flexibility index (Phi) is 2.60. The molecule has 0 aliphatic heterocycles. The average molecular weight is 288 g/mol. The molecule has 0 unspecified atom stereocenters. The van der Waals surface area contributed by atoms with Crippen LogP contribution >= 0.6 is 0 Å². The standard InChI is InChI=1S/C13H5F5O2/c14-8-3-1-2-6-7-4-5-9(20-13(16,17)18)10(15)12(7)19-11(6)8/h1-5H. The molecule has 7 heteroatoms. The summed E-state index contributed by atoms with van der Waals surface area (Å²) in [6.07, 6.45) is -5.02. The summed E-state index contributed by atoms with van der Waals surface area (Å²) in [5.74, 6) is -3.07. The summed E-state index contributed by atoms with van der Waals surface area (Å²) in [6, 6.07) is 5.99. The molecule has 0 fully saturated rings. The molecule has 1 aromatic heterocycles. The maximum atomic E-state index is 13.9. The van der Waals surface area contributed by atoms with E-state index >= 15 is 0 Å². The van der Waals surface area contributed by atoms with Gasteiger partial charge in [-0.05, 0) is 18.2 Å². The Hall–Kier alpha value is -2.31. The number of hydrogen-bond donors (Lipinski definition) is 0. The quantitative estimate of drug-likeness (QED) is 0.602. The number of furan rings is 1. The van der Waals surface area contributed by atoms with E-state index in [0.717, 1.165) is 12.1 Å². The second kappa shape index (κ2) is 4.09. The van der Waals surface area contributed by atoms with E-state index in [4.69, 9.17) is 4.42 Å². The van der Waals surface area contributed by atoms with Gasteiger partial charge in [0, 0.05) is 10.8 Å². The third kappa shape index (κ3) is 1.95. The molecule has 0 saturated heterocycles. The van der Waals surface area contributed by atoms with Gasteiger partial charge in [0.25, 0.3) is 0 Å². The third-order valence-corrected chi connectivity index (χ3v) is 2.75. The minimum Gasteiger partial charge on any atom is -0.450 e. The van der Waals surface area contributed by atoms with Gasteiger partial charge in [-0.25, -0.2) is 4.39 Å². The fraction of sp³-hybridized carbons (Fsp3) is 0.0769. The second-order valence-electron chi connectivity index (χ2n) is 4.02. The fourth-order valence-electron chi connectivity index (χ4n) is 1.98. The van der Waals surface area contributed by atoms with Crippen LogP contribution in [0.5, 0.6) is 5.75 Å². The molecule has 20 heavy (non-hydrogen) atoms. The highest BCUT2D eigenvalue weighted by Gasteiger charge is 2.33. The third-order valence-electron chi connectivity index (χ3n) is 2.75. The van der Waals surface area contributed by atoms with Crippen LogP contribution < -0.4 is 4.74 Å². The van der Waals surface area contributed by atoms with Crippen molar-refractivity contribution in [3.05, 3.63) is 42.0 Å². The summed E-state index contributed by atoms with van der Waals surface area (Å²) in [7, 11) is 0. The van der Waals surface area contributed by atoms with Crippen molar-refractivity contribution in [3.8, 4) is 5.75 Å². The molecular weight excluding hydrogens is 283 g/mol. The van der Waals surface area contributed by atoms with Gasteiger partial charge in [-0.2, -0.15) is 4.39 Å². The first-order valence-electron chi connectivity index (χ1n) is 5.42. The lowest BCUT2D eigenvalue weighted by Crippen LogP contribution is -2.17. The van der Waals surface area contributed by atoms with Crippen LogP contribution in [0.25, 0.3) is 21.9 Å². The van der Waals surface area contributed by atoms with Gasteiger partial charge in [0.15, 0.2) is 22.7 Å². The summed E-state index contributed by atoms with van der Waals surface area (Å²) < 4.78 is 72.3. The topological polar surface area (TPSA) is 22.4 Å². The molecular formula is C13H5F5O2. The lowest BCUT2D eigenvalue weighted by molar-refractivity contribution is -0.275. The summed E-state index contributed by atoms with van der Waals surface area (Å²) >= 11 is 0. The molecule has 0 spiro atoms. The van der Waals surface area contributed by atoms with E-state index < -0.39 is 29.3 Å². The highest BCUT2D eigenvalue weighted by atomic mass is 19.4. The average Bonchev–Trinajstić information content (AvgIpc) is 2.72. The maximum absolute atomic E-state index is 13.9. The number of halogens is 5. The van der Waals surface area contributed by atoms with Crippen molar-refractivity contribution in [1.29, 1.82) is 0 Å². The Morgan fingerprint density at radius 1 is 0.900 bits per heavy atom. The van der Waals surface area contributed by atoms with Gasteiger partial charge < -0.3 is 9.15 Å². The predicted octanol–water partition coefficient (Wildman–Crippen LogP) is 4.76. The summed E-state index contributed by atoms with van der Waals surface area (Å²) in [5.41, 5.74) is -0.697. The Labute approximate surface area is 108 Å². The van der Waals surface area contributed by atoms with Gasteiger partial charge in [-0.1, -0.05) is 12.1 Å². The van der Waals surface area contributed by atoms with E-state index in [0.29, 0.717) is 0 Å². The van der Waals surface area contributed by atoms with Gasteiger partial charge in [-0.3, -0.25) is 0 Å². The molecule has 3 aromatic rings. The number of hydrogen-bond acceptors (Lipinski definition) is 2. The van der Waals surface area contributed by atoms with Gasteiger partial charge in [0.1, 0.15) is 0 Å². The predicted molar refractivity (Wildman–Crippen MR) is 60.3 cm³/mol. The van der Waals surface area contributed by atoms with E-state index in [9.17, 15) is 22.0 Å². The SMILES string of the molecule is Fc1cccc2c1oc1c(F)c(OC(F)(F)F)ccc12. The van der Waals surface area contributed by atoms with Crippen molar-refractivity contribution in [1.82, 2.24) is 0 Å². The molecule has 2 nitrogen and oxygen atoms in total. The van der Waals surface area contributed by atoms with E-state index in [1.807, 2.05) is 0 Å². The van der Waals surface area contributed by atoms with Gasteiger partial charge >= 0.3 is 6.36 Å². The number of benzene rings is 2. The zero-order valence-corrected chi connectivity index (χ0v) is 9.59. The number of alkyl halides is 3. The van der Waals surface area contributed by atoms with Crippen molar-refractivity contribution >= 4 is 21.9 Å².